The van der Waals surface area contributed by atoms with E-state index in [0.29, 0.717) is 25.9 Å². The minimum atomic E-state index is -4.38. The van der Waals surface area contributed by atoms with E-state index in [9.17, 15) is 18.0 Å². The zero-order chi connectivity index (χ0) is 14.8. The minimum absolute atomic E-state index is 0.0810. The molecule has 1 aliphatic heterocycles. The van der Waals surface area contributed by atoms with Crippen LogP contribution in [0.4, 0.5) is 23.7 Å². The number of piperidine rings is 1. The van der Waals surface area contributed by atoms with Crippen molar-refractivity contribution in [2.24, 2.45) is 5.73 Å². The van der Waals surface area contributed by atoms with E-state index in [-0.39, 0.29) is 11.7 Å². The average molecular weight is 287 g/mol. The summed E-state index contributed by atoms with van der Waals surface area (Å²) in [5.41, 5.74) is 4.58. The fraction of sp³-hybridized carbons (Fsp3) is 0.462. The summed E-state index contributed by atoms with van der Waals surface area (Å²) in [4.78, 5) is 12.5. The van der Waals surface area contributed by atoms with Crippen LogP contribution in [0, 0.1) is 0 Å². The number of hydrogen-bond donors (Lipinski definition) is 2. The number of rotatable bonds is 2. The van der Waals surface area contributed by atoms with Crippen molar-refractivity contribution in [3.05, 3.63) is 29.8 Å². The van der Waals surface area contributed by atoms with Crippen LogP contribution in [-0.4, -0.2) is 30.1 Å². The van der Waals surface area contributed by atoms with E-state index >= 15 is 0 Å². The van der Waals surface area contributed by atoms with Crippen molar-refractivity contribution in [2.45, 2.75) is 25.1 Å². The van der Waals surface area contributed by atoms with Crippen molar-refractivity contribution in [1.29, 1.82) is 0 Å². The fourth-order valence-corrected chi connectivity index (χ4v) is 2.32. The quantitative estimate of drug-likeness (QED) is 0.878. The van der Waals surface area contributed by atoms with Crippen LogP contribution in [0.25, 0.3) is 0 Å². The molecule has 1 aliphatic rings. The average Bonchev–Trinajstić information content (AvgIpc) is 2.38. The first-order chi connectivity index (χ1) is 9.38. The van der Waals surface area contributed by atoms with Crippen LogP contribution in [0.1, 0.15) is 18.4 Å². The Morgan fingerprint density at radius 1 is 1.25 bits per heavy atom. The van der Waals surface area contributed by atoms with Gasteiger partial charge in [-0.3, -0.25) is 0 Å². The van der Waals surface area contributed by atoms with Crippen LogP contribution in [0.2, 0.25) is 0 Å². The number of carbonyl (C=O) groups excluding carboxylic acids is 1. The second-order valence-electron chi connectivity index (χ2n) is 4.79. The molecule has 0 unspecified atom stereocenters. The second-order valence-corrected chi connectivity index (χ2v) is 4.79. The summed E-state index contributed by atoms with van der Waals surface area (Å²) in [6, 6.07) is 4.83. The Hall–Kier alpha value is -1.92. The largest absolute Gasteiger partial charge is 0.418 e. The van der Waals surface area contributed by atoms with Crippen LogP contribution in [0.15, 0.2) is 24.3 Å². The maximum absolute atomic E-state index is 12.9. The Morgan fingerprint density at radius 2 is 1.85 bits per heavy atom. The SMILES string of the molecule is NC(=O)N1CCC(Nc2ccccc2C(F)(F)F)CC1. The van der Waals surface area contributed by atoms with Gasteiger partial charge in [0.1, 0.15) is 0 Å². The summed E-state index contributed by atoms with van der Waals surface area (Å²) < 4.78 is 38.6. The van der Waals surface area contributed by atoms with Gasteiger partial charge in [0, 0.05) is 24.8 Å². The van der Waals surface area contributed by atoms with E-state index in [1.54, 1.807) is 6.07 Å². The molecule has 1 fully saturated rings. The number of halogens is 3. The van der Waals surface area contributed by atoms with Gasteiger partial charge in [-0.25, -0.2) is 4.79 Å². The van der Waals surface area contributed by atoms with Crippen molar-refractivity contribution in [3.8, 4) is 0 Å². The van der Waals surface area contributed by atoms with Gasteiger partial charge < -0.3 is 16.0 Å². The highest BCUT2D eigenvalue weighted by Gasteiger charge is 2.34. The number of carbonyl (C=O) groups is 1. The maximum atomic E-state index is 12.9. The fourth-order valence-electron chi connectivity index (χ4n) is 2.32. The third-order valence-electron chi connectivity index (χ3n) is 3.40. The van der Waals surface area contributed by atoms with Crippen LogP contribution in [0.3, 0.4) is 0 Å². The van der Waals surface area contributed by atoms with Gasteiger partial charge in [-0.05, 0) is 25.0 Å². The number of likely N-dealkylation sites (tertiary alicyclic amines) is 1. The topological polar surface area (TPSA) is 58.4 Å². The zero-order valence-electron chi connectivity index (χ0n) is 10.8. The van der Waals surface area contributed by atoms with E-state index in [0.717, 1.165) is 6.07 Å². The molecular weight excluding hydrogens is 271 g/mol. The minimum Gasteiger partial charge on any atom is -0.382 e. The molecular formula is C13H16F3N3O. The first kappa shape index (κ1) is 14.5. The molecule has 1 aromatic carbocycles. The molecule has 1 aromatic rings. The normalized spacial score (nSPS) is 17.1. The summed E-state index contributed by atoms with van der Waals surface area (Å²) in [6.45, 7) is 0.919. The lowest BCUT2D eigenvalue weighted by Gasteiger charge is -2.32. The molecule has 2 amide bonds. The molecule has 2 rings (SSSR count). The number of alkyl halides is 3. The van der Waals surface area contributed by atoms with Gasteiger partial charge in [0.25, 0.3) is 0 Å². The first-order valence-electron chi connectivity index (χ1n) is 6.35. The van der Waals surface area contributed by atoms with Gasteiger partial charge >= 0.3 is 12.2 Å². The van der Waals surface area contributed by atoms with Crippen molar-refractivity contribution in [1.82, 2.24) is 4.90 Å². The van der Waals surface area contributed by atoms with E-state index in [2.05, 4.69) is 5.32 Å². The molecule has 0 aliphatic carbocycles. The number of urea groups is 1. The Kier molecular flexibility index (Phi) is 4.06. The lowest BCUT2D eigenvalue weighted by atomic mass is 10.0. The van der Waals surface area contributed by atoms with Crippen molar-refractivity contribution < 1.29 is 18.0 Å². The molecule has 0 atom stereocenters. The molecule has 0 bridgehead atoms. The monoisotopic (exact) mass is 287 g/mol. The molecule has 1 heterocycles. The van der Waals surface area contributed by atoms with Crippen LogP contribution < -0.4 is 11.1 Å². The highest BCUT2D eigenvalue weighted by atomic mass is 19.4. The maximum Gasteiger partial charge on any atom is 0.418 e. The van der Waals surface area contributed by atoms with Gasteiger partial charge in [0.2, 0.25) is 0 Å². The zero-order valence-corrected chi connectivity index (χ0v) is 10.8. The van der Waals surface area contributed by atoms with Gasteiger partial charge in [-0.15, -0.1) is 0 Å². The van der Waals surface area contributed by atoms with Gasteiger partial charge in [-0.1, -0.05) is 12.1 Å². The van der Waals surface area contributed by atoms with Crippen LogP contribution >= 0.6 is 0 Å². The number of amides is 2. The van der Waals surface area contributed by atoms with E-state index < -0.39 is 17.8 Å². The summed E-state index contributed by atoms with van der Waals surface area (Å²) in [5, 5.41) is 2.92. The lowest BCUT2D eigenvalue weighted by Crippen LogP contribution is -2.44. The Labute approximate surface area is 114 Å². The van der Waals surface area contributed by atoms with E-state index in [1.165, 1.54) is 17.0 Å². The molecule has 0 saturated carbocycles. The molecule has 20 heavy (non-hydrogen) atoms. The molecule has 7 heteroatoms. The van der Waals surface area contributed by atoms with Gasteiger partial charge in [-0.2, -0.15) is 13.2 Å². The third-order valence-corrected chi connectivity index (χ3v) is 3.40. The van der Waals surface area contributed by atoms with Crippen LogP contribution in [-0.2, 0) is 6.18 Å². The van der Waals surface area contributed by atoms with Crippen molar-refractivity contribution >= 4 is 11.7 Å². The third kappa shape index (κ3) is 3.34. The van der Waals surface area contributed by atoms with E-state index in [1.807, 2.05) is 0 Å². The second kappa shape index (κ2) is 5.60. The molecule has 3 N–H and O–H groups in total. The predicted molar refractivity (Wildman–Crippen MR) is 69.2 cm³/mol. The van der Waals surface area contributed by atoms with Crippen molar-refractivity contribution in [2.75, 3.05) is 18.4 Å². The van der Waals surface area contributed by atoms with Crippen molar-refractivity contribution in [3.63, 3.8) is 0 Å². The number of para-hydroxylation sites is 1. The summed E-state index contributed by atoms with van der Waals surface area (Å²) in [6.07, 6.45) is -3.22. The molecule has 4 nitrogen and oxygen atoms in total. The first-order valence-corrected chi connectivity index (χ1v) is 6.35. The number of nitrogens with zero attached hydrogens (tertiary/aromatic N) is 1. The van der Waals surface area contributed by atoms with Crippen LogP contribution in [0.5, 0.6) is 0 Å². The van der Waals surface area contributed by atoms with E-state index in [4.69, 9.17) is 5.73 Å². The number of primary amides is 1. The van der Waals surface area contributed by atoms with Gasteiger partial charge in [0.05, 0.1) is 5.56 Å². The summed E-state index contributed by atoms with van der Waals surface area (Å²) in [7, 11) is 0. The molecule has 0 spiro atoms. The summed E-state index contributed by atoms with van der Waals surface area (Å²) >= 11 is 0. The molecule has 110 valence electrons. The Balaban J connectivity index is 2.03. The summed E-state index contributed by atoms with van der Waals surface area (Å²) in [5.74, 6) is 0. The number of benzene rings is 1. The number of nitrogens with one attached hydrogen (secondary N) is 1. The highest BCUT2D eigenvalue weighted by Crippen LogP contribution is 2.35. The Bertz CT molecular complexity index is 482. The molecule has 0 aromatic heterocycles. The molecule has 0 radical (unpaired) electrons. The highest BCUT2D eigenvalue weighted by molar-refractivity contribution is 5.72. The number of nitrogens with two attached hydrogens (primary N) is 1. The number of anilines is 1. The Morgan fingerprint density at radius 3 is 2.40 bits per heavy atom. The standard InChI is InChI=1S/C13H16F3N3O/c14-13(15,16)10-3-1-2-4-11(10)18-9-5-7-19(8-6-9)12(17)20/h1-4,9,18H,5-8H2,(H2,17,20). The lowest BCUT2D eigenvalue weighted by molar-refractivity contribution is -0.137. The van der Waals surface area contributed by atoms with Gasteiger partial charge in [0.15, 0.2) is 0 Å². The predicted octanol–water partition coefficient (Wildman–Crippen LogP) is 2.66. The molecule has 1 saturated heterocycles. The smallest absolute Gasteiger partial charge is 0.382 e. The number of hydrogen-bond acceptors (Lipinski definition) is 2.